The van der Waals surface area contributed by atoms with Gasteiger partial charge < -0.3 is 24.5 Å². The molecule has 3 saturated heterocycles. The molecule has 10 rings (SSSR count). The van der Waals surface area contributed by atoms with Crippen LogP contribution in [0.2, 0.25) is 0 Å². The summed E-state index contributed by atoms with van der Waals surface area (Å²) >= 11 is 0. The van der Waals surface area contributed by atoms with Gasteiger partial charge in [0.1, 0.15) is 22.8 Å². The van der Waals surface area contributed by atoms with E-state index in [-0.39, 0.29) is 29.6 Å². The Morgan fingerprint density at radius 1 is 0.984 bits per heavy atom. The number of fused-ring (bicyclic) bond motifs is 1. The minimum Gasteiger partial charge on any atom is -0.455 e. The van der Waals surface area contributed by atoms with E-state index in [1.807, 2.05) is 12.1 Å². The van der Waals surface area contributed by atoms with Gasteiger partial charge in [-0.25, -0.2) is 18.1 Å². The van der Waals surface area contributed by atoms with Crippen LogP contribution < -0.4 is 14.8 Å². The molecule has 16 heteroatoms. The lowest BCUT2D eigenvalue weighted by molar-refractivity contribution is -0.384. The molecule has 1 unspecified atom stereocenters. The fraction of sp³-hybridized carbons (Fsp3) is 0.404. The van der Waals surface area contributed by atoms with Crippen LogP contribution in [0.15, 0.2) is 96.2 Å². The molecule has 5 aromatic rings. The fourth-order valence-electron chi connectivity index (χ4n) is 9.69. The fourth-order valence-corrected chi connectivity index (χ4v) is 10.7. The lowest BCUT2D eigenvalue weighted by Gasteiger charge is -2.42. The monoisotopic (exact) mass is 873 g/mol. The van der Waals surface area contributed by atoms with Crippen LogP contribution in [0.4, 0.5) is 11.4 Å². The summed E-state index contributed by atoms with van der Waals surface area (Å²) in [5.41, 5.74) is 5.36. The van der Waals surface area contributed by atoms with Gasteiger partial charge in [-0.1, -0.05) is 36.4 Å². The summed E-state index contributed by atoms with van der Waals surface area (Å²) in [6.45, 7) is 4.68. The molecule has 63 heavy (non-hydrogen) atoms. The topological polar surface area (TPSA) is 181 Å². The predicted octanol–water partition coefficient (Wildman–Crippen LogP) is 7.54. The van der Waals surface area contributed by atoms with Crippen LogP contribution in [-0.2, 0) is 19.5 Å². The highest BCUT2D eigenvalue weighted by Crippen LogP contribution is 2.47. The smallest absolute Gasteiger partial charge is 0.293 e. The molecule has 2 aliphatic carbocycles. The first-order chi connectivity index (χ1) is 30.7. The summed E-state index contributed by atoms with van der Waals surface area (Å²) in [6.07, 6.45) is 13.0. The molecule has 3 N–H and O–H groups in total. The molecule has 15 nitrogen and oxygen atoms in total. The van der Waals surface area contributed by atoms with Gasteiger partial charge in [-0.3, -0.25) is 24.7 Å². The number of benzene rings is 3. The largest absolute Gasteiger partial charge is 0.455 e. The number of nitro groups is 1. The van der Waals surface area contributed by atoms with Crippen molar-refractivity contribution in [3.8, 4) is 11.5 Å². The second-order valence-corrected chi connectivity index (χ2v) is 19.0. The minimum atomic E-state index is -4.58. The zero-order valence-electron chi connectivity index (χ0n) is 34.9. The maximum atomic E-state index is 14.0. The van der Waals surface area contributed by atoms with Crippen molar-refractivity contribution in [2.24, 2.45) is 0 Å². The van der Waals surface area contributed by atoms with Gasteiger partial charge in [-0.2, -0.15) is 0 Å². The molecule has 3 aliphatic heterocycles. The Hall–Kier alpha value is -5.65. The first-order valence-electron chi connectivity index (χ1n) is 22.0. The lowest BCUT2D eigenvalue weighted by atomic mass is 9.88. The number of aromatic nitrogens is 2. The minimum absolute atomic E-state index is 0.0252. The summed E-state index contributed by atoms with van der Waals surface area (Å²) in [6, 6.07) is 22.5. The molecule has 2 aromatic heterocycles. The predicted molar refractivity (Wildman–Crippen MR) is 237 cm³/mol. The molecule has 1 amide bonds. The van der Waals surface area contributed by atoms with Crippen LogP contribution >= 0.6 is 0 Å². The lowest BCUT2D eigenvalue weighted by Crippen LogP contribution is -2.56. The first kappa shape index (κ1) is 41.4. The summed E-state index contributed by atoms with van der Waals surface area (Å²) in [7, 11) is -4.58. The third-order valence-corrected chi connectivity index (χ3v) is 14.6. The van der Waals surface area contributed by atoms with E-state index < -0.39 is 31.4 Å². The van der Waals surface area contributed by atoms with Crippen molar-refractivity contribution in [1.82, 2.24) is 24.5 Å². The van der Waals surface area contributed by atoms with Crippen molar-refractivity contribution in [1.29, 1.82) is 0 Å². The van der Waals surface area contributed by atoms with Gasteiger partial charge in [0.05, 0.1) is 53.5 Å². The van der Waals surface area contributed by atoms with E-state index in [0.29, 0.717) is 61.8 Å². The number of rotatable bonds is 14. The number of allylic oxidation sites excluding steroid dienone is 1. The average molecular weight is 874 g/mol. The summed E-state index contributed by atoms with van der Waals surface area (Å²) in [4.78, 5) is 37.6. The number of hydrogen-bond donors (Lipinski definition) is 3. The summed E-state index contributed by atoms with van der Waals surface area (Å²) < 4.78 is 47.2. The highest BCUT2D eigenvalue weighted by Gasteiger charge is 2.37. The maximum absolute atomic E-state index is 14.0. The zero-order chi connectivity index (χ0) is 43.1. The Kier molecular flexibility index (Phi) is 11.5. The molecule has 4 fully saturated rings. The normalized spacial score (nSPS) is 22.3. The van der Waals surface area contributed by atoms with Gasteiger partial charge in [0.15, 0.2) is 0 Å². The van der Waals surface area contributed by atoms with Crippen LogP contribution in [0.25, 0.3) is 16.6 Å². The van der Waals surface area contributed by atoms with E-state index in [0.717, 1.165) is 54.9 Å². The number of amides is 1. The van der Waals surface area contributed by atoms with Crippen molar-refractivity contribution in [3.63, 3.8) is 0 Å². The van der Waals surface area contributed by atoms with Crippen molar-refractivity contribution < 1.29 is 32.3 Å². The van der Waals surface area contributed by atoms with E-state index in [4.69, 9.17) is 14.2 Å². The van der Waals surface area contributed by atoms with Gasteiger partial charge >= 0.3 is 0 Å². The number of likely N-dealkylation sites (tertiary alicyclic amines) is 1. The number of anilines is 1. The Morgan fingerprint density at radius 3 is 2.62 bits per heavy atom. The Labute approximate surface area is 366 Å². The molecule has 328 valence electrons. The van der Waals surface area contributed by atoms with E-state index in [2.05, 4.69) is 60.1 Å². The molecule has 0 bridgehead atoms. The average Bonchev–Trinajstić information content (AvgIpc) is 3.81. The van der Waals surface area contributed by atoms with Crippen LogP contribution in [0, 0.1) is 10.1 Å². The molecule has 3 atom stereocenters. The van der Waals surface area contributed by atoms with Crippen LogP contribution in [0.5, 0.6) is 11.5 Å². The third-order valence-electron chi connectivity index (χ3n) is 13.2. The number of ether oxygens (including phenoxy) is 3. The molecule has 1 saturated carbocycles. The van der Waals surface area contributed by atoms with Gasteiger partial charge in [-0.15, -0.1) is 0 Å². The third kappa shape index (κ3) is 8.82. The molecule has 0 spiro atoms. The van der Waals surface area contributed by atoms with Crippen molar-refractivity contribution in [2.75, 3.05) is 51.3 Å². The number of pyridine rings is 1. The number of carbonyl (C=O) groups is 1. The second kappa shape index (κ2) is 17.5. The number of aromatic amines is 1. The van der Waals surface area contributed by atoms with Crippen LogP contribution in [-0.4, -0.2) is 103 Å². The second-order valence-electron chi connectivity index (χ2n) is 17.3. The Bertz CT molecular complexity index is 2680. The van der Waals surface area contributed by atoms with E-state index >= 15 is 0 Å². The van der Waals surface area contributed by atoms with Gasteiger partial charge in [0.25, 0.3) is 21.6 Å². The number of nitro benzene ring substituents is 1. The van der Waals surface area contributed by atoms with Crippen molar-refractivity contribution >= 4 is 43.9 Å². The zero-order valence-corrected chi connectivity index (χ0v) is 35.7. The Morgan fingerprint density at radius 2 is 1.84 bits per heavy atom. The standard InChI is InChI=1S/C47H51N7O8S/c55-47(51-63(58,59)38-14-16-42(44(24-38)54(56)57)49-26-37-27-52(20-21-61-37)35-28-60-29-35)41-15-11-32(23-45(41)62-36-22-33-17-18-48-46(33)50-25-36)30-9-12-34(13-10-30)53-19-3-6-43(53)40-5-2-1-4-39(40)31-7-8-31/h1-2,4-5,9,11,14-18,22-25,31,34-35,37,43,49H,3,6-8,10,12-13,19-21,26-29H2,(H,48,50)(H,51,55)/t34?,37-,43+/m1/s1. The number of hydrogen-bond acceptors (Lipinski definition) is 12. The van der Waals surface area contributed by atoms with Crippen LogP contribution in [0.1, 0.15) is 84.0 Å². The van der Waals surface area contributed by atoms with E-state index in [1.54, 1.807) is 24.4 Å². The molecular weight excluding hydrogens is 823 g/mol. The molecule has 0 radical (unpaired) electrons. The number of nitrogens with one attached hydrogen (secondary N) is 3. The first-order valence-corrected chi connectivity index (χ1v) is 23.5. The van der Waals surface area contributed by atoms with Crippen molar-refractivity contribution in [2.45, 2.75) is 80.0 Å². The van der Waals surface area contributed by atoms with Gasteiger partial charge in [-0.05, 0) is 116 Å². The number of nitrogens with zero attached hydrogens (tertiary/aromatic N) is 4. The number of H-pyrrole nitrogens is 1. The highest BCUT2D eigenvalue weighted by molar-refractivity contribution is 7.90. The van der Waals surface area contributed by atoms with Crippen LogP contribution in [0.3, 0.4) is 0 Å². The summed E-state index contributed by atoms with van der Waals surface area (Å²) in [5, 5.41) is 16.1. The SMILES string of the molecule is O=C(NS(=O)(=O)c1ccc(NC[C@@H]2CN(C3COC3)CCO2)c([N+](=O)[O-])c1)c1ccc(C2=CCC(N3CCC[C@H]3c3ccccc3C3CC3)CC2)cc1Oc1cnc2[nH]ccc2c1. The number of carbonyl (C=O) groups excluding carboxylic acids is 1. The quantitative estimate of drug-likeness (QED) is 0.0738. The molecule has 3 aromatic carbocycles. The van der Waals surface area contributed by atoms with E-state index in [1.165, 1.54) is 55.1 Å². The Balaban J connectivity index is 0.869. The van der Waals surface area contributed by atoms with Crippen molar-refractivity contribution in [3.05, 3.63) is 124 Å². The molecular formula is C47H51N7O8S. The summed E-state index contributed by atoms with van der Waals surface area (Å²) in [5.74, 6) is 0.265. The van der Waals surface area contributed by atoms with Gasteiger partial charge in [0.2, 0.25) is 0 Å². The highest BCUT2D eigenvalue weighted by atomic mass is 32.2. The number of sulfonamides is 1. The molecule has 5 heterocycles. The molecule has 5 aliphatic rings. The van der Waals surface area contributed by atoms with Gasteiger partial charge in [0, 0.05) is 49.4 Å². The maximum Gasteiger partial charge on any atom is 0.293 e. The number of morpholine rings is 1. The van der Waals surface area contributed by atoms with E-state index in [9.17, 15) is 23.3 Å².